The highest BCUT2D eigenvalue weighted by Crippen LogP contribution is 2.36. The van der Waals surface area contributed by atoms with Crippen molar-refractivity contribution in [2.45, 2.75) is 0 Å². The van der Waals surface area contributed by atoms with Crippen molar-refractivity contribution in [3.8, 4) is 0 Å². The molecule has 6 heteroatoms. The zero-order valence-electron chi connectivity index (χ0n) is 13.5. The first-order chi connectivity index (χ1) is 11.2. The summed E-state index contributed by atoms with van der Waals surface area (Å²) in [6.45, 7) is 4.32. The van der Waals surface area contributed by atoms with Gasteiger partial charge in [0.15, 0.2) is 0 Å². The second-order valence-electron chi connectivity index (χ2n) is 6.21. The zero-order valence-corrected chi connectivity index (χ0v) is 15.0. The summed E-state index contributed by atoms with van der Waals surface area (Å²) in [5.74, 6) is 1.04. The average molecular weight is 363 g/mol. The minimum Gasteiger partial charge on any atom is -1.00 e. The number of nitrogens with zero attached hydrogens (tertiary/aromatic N) is 2. The number of halogens is 2. The lowest BCUT2D eigenvalue weighted by Crippen LogP contribution is -3.12. The van der Waals surface area contributed by atoms with E-state index >= 15 is 0 Å². The van der Waals surface area contributed by atoms with Crippen molar-refractivity contribution in [1.82, 2.24) is 4.90 Å². The van der Waals surface area contributed by atoms with E-state index in [4.69, 9.17) is 16.6 Å². The van der Waals surface area contributed by atoms with E-state index in [2.05, 4.69) is 41.5 Å². The lowest BCUT2D eigenvalue weighted by molar-refractivity contribution is -0.883. The lowest BCUT2D eigenvalue weighted by atomic mass is 10.1. The van der Waals surface area contributed by atoms with Crippen LogP contribution >= 0.6 is 11.6 Å². The summed E-state index contributed by atoms with van der Waals surface area (Å²) in [6, 6.07) is 14.2. The monoisotopic (exact) mass is 362 g/mol. The quantitative estimate of drug-likeness (QED) is 0.650. The van der Waals surface area contributed by atoms with Crippen LogP contribution < -0.4 is 22.6 Å². The molecule has 2 heterocycles. The van der Waals surface area contributed by atoms with Gasteiger partial charge in [0.2, 0.25) is 0 Å². The Balaban J connectivity index is 0.00000169. The van der Waals surface area contributed by atoms with Crippen LogP contribution in [-0.2, 0) is 0 Å². The Kier molecular flexibility index (Phi) is 4.99. The van der Waals surface area contributed by atoms with E-state index in [9.17, 15) is 0 Å². The van der Waals surface area contributed by atoms with E-state index in [1.54, 1.807) is 4.90 Å². The van der Waals surface area contributed by atoms with Gasteiger partial charge in [0.1, 0.15) is 5.84 Å². The molecule has 24 heavy (non-hydrogen) atoms. The van der Waals surface area contributed by atoms with Gasteiger partial charge in [-0.2, -0.15) is 0 Å². The van der Waals surface area contributed by atoms with Gasteiger partial charge in [-0.25, -0.2) is 4.99 Å². The Hall–Kier alpha value is -1.75. The van der Waals surface area contributed by atoms with E-state index < -0.39 is 0 Å². The van der Waals surface area contributed by atoms with Crippen LogP contribution in [0.1, 0.15) is 5.56 Å². The van der Waals surface area contributed by atoms with E-state index in [0.29, 0.717) is 5.02 Å². The van der Waals surface area contributed by atoms with Crippen molar-refractivity contribution < 1.29 is 17.3 Å². The molecule has 0 spiro atoms. The first-order valence-corrected chi connectivity index (χ1v) is 8.39. The Morgan fingerprint density at radius 2 is 1.83 bits per heavy atom. The van der Waals surface area contributed by atoms with Crippen LogP contribution in [0.3, 0.4) is 0 Å². The lowest BCUT2D eigenvalue weighted by Gasteiger charge is -2.32. The standard InChI is InChI=1S/C18H19ClN4.ClH/c1-22-8-10-23(11-9-22)18-14-4-2-3-5-15(14)20-16-7-6-13(19)12-17(16)21-18;/h2-7,12,20H,8-11H2,1H3;1H. The smallest absolute Gasteiger partial charge is 0.139 e. The predicted molar refractivity (Wildman–Crippen MR) is 95.6 cm³/mol. The van der Waals surface area contributed by atoms with Gasteiger partial charge in [0, 0.05) is 16.3 Å². The molecule has 2 N–H and O–H groups in total. The molecule has 126 valence electrons. The SMILES string of the molecule is C[NH+]1CCN(C2=Nc3cc(Cl)ccc3Nc3ccccc32)CC1.[Cl-]. The third kappa shape index (κ3) is 3.22. The third-order valence-corrected chi connectivity index (χ3v) is 4.78. The van der Waals surface area contributed by atoms with Crippen LogP contribution in [0.15, 0.2) is 47.5 Å². The van der Waals surface area contributed by atoms with Crippen LogP contribution in [0, 0.1) is 0 Å². The molecule has 2 aromatic carbocycles. The Labute approximate surface area is 153 Å². The van der Waals surface area contributed by atoms with Crippen molar-refractivity contribution in [1.29, 1.82) is 0 Å². The number of fused-ring (bicyclic) bond motifs is 2. The van der Waals surface area contributed by atoms with Crippen molar-refractivity contribution >= 4 is 34.5 Å². The maximum absolute atomic E-state index is 6.18. The Morgan fingerprint density at radius 1 is 1.08 bits per heavy atom. The second kappa shape index (κ2) is 7.01. The number of para-hydroxylation sites is 1. The third-order valence-electron chi connectivity index (χ3n) is 4.54. The van der Waals surface area contributed by atoms with Gasteiger partial charge in [-0.05, 0) is 30.3 Å². The molecule has 0 amide bonds. The molecule has 0 radical (unpaired) electrons. The molecule has 1 fully saturated rings. The molecule has 4 nitrogen and oxygen atoms in total. The number of anilines is 2. The van der Waals surface area contributed by atoms with Gasteiger partial charge in [-0.15, -0.1) is 0 Å². The average Bonchev–Trinajstić information content (AvgIpc) is 2.72. The van der Waals surface area contributed by atoms with Gasteiger partial charge in [0.25, 0.3) is 0 Å². The molecule has 0 bridgehead atoms. The topological polar surface area (TPSA) is 32.1 Å². The van der Waals surface area contributed by atoms with Gasteiger partial charge in [0.05, 0.1) is 44.6 Å². The Bertz CT molecular complexity index is 767. The van der Waals surface area contributed by atoms with Crippen LogP contribution in [0.4, 0.5) is 17.1 Å². The molecule has 0 unspecified atom stereocenters. The van der Waals surface area contributed by atoms with Crippen molar-refractivity contribution in [3.05, 3.63) is 53.1 Å². The summed E-state index contributed by atoms with van der Waals surface area (Å²) in [5, 5.41) is 4.21. The van der Waals surface area contributed by atoms with Crippen LogP contribution in [0.2, 0.25) is 5.02 Å². The molecule has 2 aliphatic rings. The van der Waals surface area contributed by atoms with E-state index in [1.165, 1.54) is 0 Å². The molecule has 4 rings (SSSR count). The fourth-order valence-corrected chi connectivity index (χ4v) is 3.32. The van der Waals surface area contributed by atoms with Crippen LogP contribution in [-0.4, -0.2) is 44.0 Å². The summed E-state index contributed by atoms with van der Waals surface area (Å²) in [4.78, 5) is 8.94. The highest BCUT2D eigenvalue weighted by Gasteiger charge is 2.25. The molecule has 2 aliphatic heterocycles. The van der Waals surface area contributed by atoms with Gasteiger partial charge in [-0.1, -0.05) is 23.7 Å². The molecule has 0 aromatic heterocycles. The maximum Gasteiger partial charge on any atom is 0.139 e. The molecule has 2 aromatic rings. The first kappa shape index (κ1) is 17.1. The molecule has 0 saturated carbocycles. The largest absolute Gasteiger partial charge is 1.00 e. The van der Waals surface area contributed by atoms with Crippen molar-refractivity contribution in [2.24, 2.45) is 4.99 Å². The number of hydrogen-bond donors (Lipinski definition) is 2. The summed E-state index contributed by atoms with van der Waals surface area (Å²) in [6.07, 6.45) is 0. The number of benzene rings is 2. The van der Waals surface area contributed by atoms with Crippen LogP contribution in [0.25, 0.3) is 0 Å². The molecule has 0 atom stereocenters. The first-order valence-electron chi connectivity index (χ1n) is 8.01. The molecular formula is C18H20Cl2N4. The minimum absolute atomic E-state index is 0. The maximum atomic E-state index is 6.18. The number of likely N-dealkylation sites (N-methyl/N-ethyl adjacent to an activating group) is 1. The number of aliphatic imine (C=N–C) groups is 1. The molecular weight excluding hydrogens is 343 g/mol. The fourth-order valence-electron chi connectivity index (χ4n) is 3.15. The van der Waals surface area contributed by atoms with E-state index in [0.717, 1.165) is 54.6 Å². The van der Waals surface area contributed by atoms with E-state index in [-0.39, 0.29) is 12.4 Å². The molecule has 0 aliphatic carbocycles. The van der Waals surface area contributed by atoms with Crippen molar-refractivity contribution in [2.75, 3.05) is 38.5 Å². The highest BCUT2D eigenvalue weighted by atomic mass is 35.5. The highest BCUT2D eigenvalue weighted by molar-refractivity contribution is 6.31. The number of hydrogen-bond acceptors (Lipinski definition) is 3. The summed E-state index contributed by atoms with van der Waals surface area (Å²) in [5.41, 5.74) is 4.14. The number of amidine groups is 1. The zero-order chi connectivity index (χ0) is 15.8. The van der Waals surface area contributed by atoms with Crippen LogP contribution in [0.5, 0.6) is 0 Å². The summed E-state index contributed by atoms with van der Waals surface area (Å²) < 4.78 is 0. The van der Waals surface area contributed by atoms with Gasteiger partial charge >= 0.3 is 0 Å². The fraction of sp³-hybridized carbons (Fsp3) is 0.278. The second-order valence-corrected chi connectivity index (χ2v) is 6.65. The van der Waals surface area contributed by atoms with Crippen molar-refractivity contribution in [3.63, 3.8) is 0 Å². The number of quaternary nitrogens is 1. The van der Waals surface area contributed by atoms with Gasteiger partial charge in [-0.3, -0.25) is 0 Å². The van der Waals surface area contributed by atoms with E-state index in [1.807, 2.05) is 18.2 Å². The normalized spacial score (nSPS) is 16.9. The van der Waals surface area contributed by atoms with Gasteiger partial charge < -0.3 is 27.5 Å². The minimum atomic E-state index is 0. The summed E-state index contributed by atoms with van der Waals surface area (Å²) >= 11 is 6.18. The summed E-state index contributed by atoms with van der Waals surface area (Å²) in [7, 11) is 2.25. The predicted octanol–water partition coefficient (Wildman–Crippen LogP) is -0.690. The number of piperazine rings is 1. The number of rotatable bonds is 0. The number of nitrogens with one attached hydrogen (secondary N) is 2. The Morgan fingerprint density at radius 3 is 2.62 bits per heavy atom. The molecule has 1 saturated heterocycles.